The van der Waals surface area contributed by atoms with Gasteiger partial charge in [-0.25, -0.2) is 4.39 Å². The van der Waals surface area contributed by atoms with Gasteiger partial charge in [0.2, 0.25) is 0 Å². The number of benzene rings is 1. The molecule has 0 unspecified atom stereocenters. The van der Waals surface area contributed by atoms with Gasteiger partial charge in [-0.3, -0.25) is 0 Å². The van der Waals surface area contributed by atoms with Crippen LogP contribution in [0.3, 0.4) is 0 Å². The van der Waals surface area contributed by atoms with E-state index in [4.69, 9.17) is 11.6 Å². The highest BCUT2D eigenvalue weighted by Gasteiger charge is 2.19. The molecule has 1 aliphatic rings. The first-order valence-electron chi connectivity index (χ1n) is 4.43. The van der Waals surface area contributed by atoms with Crippen molar-refractivity contribution in [1.29, 1.82) is 0 Å². The van der Waals surface area contributed by atoms with Crippen LogP contribution in [0.15, 0.2) is 18.2 Å². The highest BCUT2D eigenvalue weighted by molar-refractivity contribution is 6.31. The number of hydrogen-bond donors (Lipinski definition) is 1. The van der Waals surface area contributed by atoms with Crippen LogP contribution in [0.1, 0.15) is 17.9 Å². The first kappa shape index (κ1) is 8.97. The van der Waals surface area contributed by atoms with Crippen molar-refractivity contribution in [3.63, 3.8) is 0 Å². The molecule has 1 aromatic rings. The third-order valence-electron chi connectivity index (χ3n) is 2.46. The van der Waals surface area contributed by atoms with Gasteiger partial charge >= 0.3 is 0 Å². The van der Waals surface area contributed by atoms with E-state index in [1.807, 2.05) is 0 Å². The Kier molecular flexibility index (Phi) is 2.51. The smallest absolute Gasteiger partial charge is 0.123 e. The van der Waals surface area contributed by atoms with Crippen molar-refractivity contribution in [2.24, 2.45) is 0 Å². The quantitative estimate of drug-likeness (QED) is 0.733. The van der Waals surface area contributed by atoms with Crippen LogP contribution in [0.2, 0.25) is 5.02 Å². The molecular weight excluding hydrogens is 189 g/mol. The molecule has 1 N–H and O–H groups in total. The Morgan fingerprint density at radius 1 is 1.46 bits per heavy atom. The van der Waals surface area contributed by atoms with Crippen molar-refractivity contribution in [3.8, 4) is 0 Å². The molecule has 1 saturated heterocycles. The molecule has 0 bridgehead atoms. The second-order valence-electron chi connectivity index (χ2n) is 3.36. The number of halogens is 2. The Morgan fingerprint density at radius 2 is 2.31 bits per heavy atom. The van der Waals surface area contributed by atoms with Crippen LogP contribution in [-0.2, 0) is 0 Å². The van der Waals surface area contributed by atoms with Gasteiger partial charge in [0.1, 0.15) is 5.82 Å². The minimum Gasteiger partial charge on any atom is -0.316 e. The zero-order valence-electron chi connectivity index (χ0n) is 7.19. The second kappa shape index (κ2) is 3.64. The van der Waals surface area contributed by atoms with Crippen molar-refractivity contribution in [1.82, 2.24) is 5.32 Å². The summed E-state index contributed by atoms with van der Waals surface area (Å²) in [4.78, 5) is 0. The standard InChI is InChI=1S/C10H11ClFN/c11-10-2-1-8(12)5-9(10)7-3-4-13-6-7/h1-2,5,7,13H,3-4,6H2/t7-/m0/s1. The summed E-state index contributed by atoms with van der Waals surface area (Å²) in [5, 5.41) is 3.91. The van der Waals surface area contributed by atoms with Crippen molar-refractivity contribution < 1.29 is 4.39 Å². The molecule has 0 aliphatic carbocycles. The van der Waals surface area contributed by atoms with Crippen LogP contribution in [-0.4, -0.2) is 13.1 Å². The average molecular weight is 200 g/mol. The molecule has 1 nitrogen and oxygen atoms in total. The molecular formula is C10H11ClFN. The third kappa shape index (κ3) is 1.84. The fourth-order valence-electron chi connectivity index (χ4n) is 1.75. The molecule has 13 heavy (non-hydrogen) atoms. The van der Waals surface area contributed by atoms with E-state index in [0.717, 1.165) is 25.1 Å². The van der Waals surface area contributed by atoms with Gasteiger partial charge < -0.3 is 5.32 Å². The van der Waals surface area contributed by atoms with Gasteiger partial charge in [0.15, 0.2) is 0 Å². The predicted octanol–water partition coefficient (Wildman–Crippen LogP) is 2.56. The van der Waals surface area contributed by atoms with Gasteiger partial charge in [-0.05, 0) is 42.6 Å². The van der Waals surface area contributed by atoms with E-state index in [9.17, 15) is 4.39 Å². The summed E-state index contributed by atoms with van der Waals surface area (Å²) in [5.74, 6) is 0.175. The summed E-state index contributed by atoms with van der Waals surface area (Å²) < 4.78 is 12.9. The van der Waals surface area contributed by atoms with Crippen molar-refractivity contribution >= 4 is 11.6 Å². The molecule has 70 valence electrons. The zero-order chi connectivity index (χ0) is 9.26. The second-order valence-corrected chi connectivity index (χ2v) is 3.76. The largest absolute Gasteiger partial charge is 0.316 e. The summed E-state index contributed by atoms with van der Waals surface area (Å²) in [7, 11) is 0. The van der Waals surface area contributed by atoms with Crippen LogP contribution in [0.4, 0.5) is 4.39 Å². The van der Waals surface area contributed by atoms with Crippen LogP contribution in [0.25, 0.3) is 0 Å². The molecule has 1 aromatic carbocycles. The number of rotatable bonds is 1. The van der Waals surface area contributed by atoms with Crippen molar-refractivity contribution in [3.05, 3.63) is 34.6 Å². The molecule has 1 aliphatic heterocycles. The lowest BCUT2D eigenvalue weighted by Gasteiger charge is -2.10. The van der Waals surface area contributed by atoms with Gasteiger partial charge in [-0.2, -0.15) is 0 Å². The van der Waals surface area contributed by atoms with Crippen LogP contribution >= 0.6 is 11.6 Å². The summed E-state index contributed by atoms with van der Waals surface area (Å²) >= 11 is 5.98. The molecule has 0 aromatic heterocycles. The van der Waals surface area contributed by atoms with E-state index in [-0.39, 0.29) is 5.82 Å². The topological polar surface area (TPSA) is 12.0 Å². The Bertz CT molecular complexity index is 308. The van der Waals surface area contributed by atoms with E-state index in [1.165, 1.54) is 6.07 Å². The minimum atomic E-state index is -0.202. The SMILES string of the molecule is Fc1ccc(Cl)c([C@H]2CCNC2)c1. The van der Waals surface area contributed by atoms with Crippen LogP contribution < -0.4 is 5.32 Å². The van der Waals surface area contributed by atoms with E-state index in [1.54, 1.807) is 12.1 Å². The minimum absolute atomic E-state index is 0.202. The monoisotopic (exact) mass is 199 g/mol. The molecule has 0 amide bonds. The first-order valence-corrected chi connectivity index (χ1v) is 4.81. The highest BCUT2D eigenvalue weighted by Crippen LogP contribution is 2.29. The van der Waals surface area contributed by atoms with E-state index < -0.39 is 0 Å². The average Bonchev–Trinajstić information content (AvgIpc) is 2.61. The van der Waals surface area contributed by atoms with E-state index >= 15 is 0 Å². The molecule has 0 spiro atoms. The van der Waals surface area contributed by atoms with Crippen molar-refractivity contribution in [2.45, 2.75) is 12.3 Å². The lowest BCUT2D eigenvalue weighted by molar-refractivity contribution is 0.621. The molecule has 0 radical (unpaired) electrons. The van der Waals surface area contributed by atoms with Crippen LogP contribution in [0.5, 0.6) is 0 Å². The van der Waals surface area contributed by atoms with Gasteiger partial charge in [0.05, 0.1) is 0 Å². The maximum atomic E-state index is 12.9. The Balaban J connectivity index is 2.32. The van der Waals surface area contributed by atoms with E-state index in [2.05, 4.69) is 5.32 Å². The van der Waals surface area contributed by atoms with Gasteiger partial charge in [-0.15, -0.1) is 0 Å². The zero-order valence-corrected chi connectivity index (χ0v) is 7.94. The molecule has 0 saturated carbocycles. The molecule has 1 atom stereocenters. The Hall–Kier alpha value is -0.600. The summed E-state index contributed by atoms with van der Waals surface area (Å²) in [6.45, 7) is 1.90. The molecule has 1 fully saturated rings. The van der Waals surface area contributed by atoms with Gasteiger partial charge in [0.25, 0.3) is 0 Å². The summed E-state index contributed by atoms with van der Waals surface area (Å²) in [6.07, 6.45) is 1.04. The van der Waals surface area contributed by atoms with Crippen molar-refractivity contribution in [2.75, 3.05) is 13.1 Å². The molecule has 3 heteroatoms. The normalized spacial score (nSPS) is 22.2. The number of hydrogen-bond acceptors (Lipinski definition) is 1. The van der Waals surface area contributed by atoms with Crippen LogP contribution in [0, 0.1) is 5.82 Å². The fourth-order valence-corrected chi connectivity index (χ4v) is 2.02. The molecule has 1 heterocycles. The maximum absolute atomic E-state index is 12.9. The maximum Gasteiger partial charge on any atom is 0.123 e. The summed E-state index contributed by atoms with van der Waals surface area (Å²) in [5.41, 5.74) is 0.937. The lowest BCUT2D eigenvalue weighted by atomic mass is 9.98. The fraction of sp³-hybridized carbons (Fsp3) is 0.400. The van der Waals surface area contributed by atoms with Gasteiger partial charge in [-0.1, -0.05) is 11.6 Å². The Labute approximate surface area is 81.9 Å². The van der Waals surface area contributed by atoms with E-state index in [0.29, 0.717) is 10.9 Å². The first-order chi connectivity index (χ1) is 6.27. The Morgan fingerprint density at radius 3 is 3.00 bits per heavy atom. The number of nitrogens with one attached hydrogen (secondary N) is 1. The predicted molar refractivity (Wildman–Crippen MR) is 51.6 cm³/mol. The van der Waals surface area contributed by atoms with Gasteiger partial charge in [0, 0.05) is 11.6 Å². The molecule has 2 rings (SSSR count). The third-order valence-corrected chi connectivity index (χ3v) is 2.80. The lowest BCUT2D eigenvalue weighted by Crippen LogP contribution is -2.08. The highest BCUT2D eigenvalue weighted by atomic mass is 35.5. The summed E-state index contributed by atoms with van der Waals surface area (Å²) in [6, 6.07) is 4.57.